The SMILES string of the molecule is COc1cc(NC(=O)C2[C@H]3C=C[C@]4(CN(c5ccc(NC(C)=O)cc5)C(=O)[C@@H]24)O3)cc(OC)c1. The molecule has 2 aromatic rings. The molecule has 2 saturated heterocycles. The van der Waals surface area contributed by atoms with Gasteiger partial charge in [-0.2, -0.15) is 0 Å². The van der Waals surface area contributed by atoms with Crippen molar-refractivity contribution in [3.05, 3.63) is 54.6 Å². The highest BCUT2D eigenvalue weighted by atomic mass is 16.5. The number of hydrogen-bond acceptors (Lipinski definition) is 6. The van der Waals surface area contributed by atoms with Gasteiger partial charge in [-0.05, 0) is 24.3 Å². The number of nitrogens with one attached hydrogen (secondary N) is 2. The second-order valence-electron chi connectivity index (χ2n) is 8.64. The summed E-state index contributed by atoms with van der Waals surface area (Å²) < 4.78 is 16.8. The third-order valence-corrected chi connectivity index (χ3v) is 6.52. The minimum absolute atomic E-state index is 0.164. The molecule has 3 heterocycles. The second-order valence-corrected chi connectivity index (χ2v) is 8.64. The van der Waals surface area contributed by atoms with Gasteiger partial charge in [-0.25, -0.2) is 0 Å². The van der Waals surface area contributed by atoms with Crippen LogP contribution in [0.2, 0.25) is 0 Å². The molecule has 9 nitrogen and oxygen atoms in total. The van der Waals surface area contributed by atoms with E-state index in [0.717, 1.165) is 0 Å². The lowest BCUT2D eigenvalue weighted by molar-refractivity contribution is -0.128. The minimum Gasteiger partial charge on any atom is -0.497 e. The Hall–Kier alpha value is -3.85. The Morgan fingerprint density at radius 3 is 2.32 bits per heavy atom. The Bertz CT molecular complexity index is 1170. The van der Waals surface area contributed by atoms with Crippen LogP contribution < -0.4 is 25.0 Å². The van der Waals surface area contributed by atoms with Crippen LogP contribution in [0.1, 0.15) is 6.92 Å². The first kappa shape index (κ1) is 22.0. The Morgan fingerprint density at radius 2 is 1.71 bits per heavy atom. The lowest BCUT2D eigenvalue weighted by Gasteiger charge is -2.23. The third-order valence-electron chi connectivity index (χ3n) is 6.52. The molecule has 3 aliphatic rings. The van der Waals surface area contributed by atoms with Crippen LogP contribution in [-0.2, 0) is 19.1 Å². The molecule has 0 aliphatic carbocycles. The number of methoxy groups -OCH3 is 2. The van der Waals surface area contributed by atoms with E-state index < -0.39 is 23.5 Å². The van der Waals surface area contributed by atoms with Crippen molar-refractivity contribution in [1.82, 2.24) is 0 Å². The number of fused-ring (bicyclic) bond motifs is 1. The summed E-state index contributed by atoms with van der Waals surface area (Å²) in [5.41, 5.74) is 0.994. The van der Waals surface area contributed by atoms with Crippen molar-refractivity contribution in [2.24, 2.45) is 11.8 Å². The van der Waals surface area contributed by atoms with E-state index >= 15 is 0 Å². The van der Waals surface area contributed by atoms with Crippen LogP contribution in [0.4, 0.5) is 17.1 Å². The van der Waals surface area contributed by atoms with Crippen LogP contribution in [0.5, 0.6) is 11.5 Å². The fraction of sp³-hybridized carbons (Fsp3) is 0.320. The van der Waals surface area contributed by atoms with E-state index in [4.69, 9.17) is 14.2 Å². The molecule has 176 valence electrons. The molecule has 2 fully saturated rings. The van der Waals surface area contributed by atoms with Crippen molar-refractivity contribution in [2.45, 2.75) is 18.6 Å². The maximum absolute atomic E-state index is 13.5. The van der Waals surface area contributed by atoms with Gasteiger partial charge in [0, 0.05) is 42.2 Å². The molecule has 1 unspecified atom stereocenters. The van der Waals surface area contributed by atoms with Gasteiger partial charge in [-0.3, -0.25) is 14.4 Å². The molecular formula is C25H25N3O6. The van der Waals surface area contributed by atoms with Gasteiger partial charge in [0.15, 0.2) is 0 Å². The largest absolute Gasteiger partial charge is 0.497 e. The van der Waals surface area contributed by atoms with Crippen molar-refractivity contribution in [3.63, 3.8) is 0 Å². The van der Waals surface area contributed by atoms with Crippen molar-refractivity contribution >= 4 is 34.8 Å². The number of anilines is 3. The molecule has 2 aromatic carbocycles. The van der Waals surface area contributed by atoms with E-state index in [-0.39, 0.29) is 17.7 Å². The molecule has 2 bridgehead atoms. The van der Waals surface area contributed by atoms with Crippen LogP contribution in [0, 0.1) is 11.8 Å². The summed E-state index contributed by atoms with van der Waals surface area (Å²) in [7, 11) is 3.07. The molecule has 0 aromatic heterocycles. The zero-order chi connectivity index (χ0) is 24.0. The summed E-state index contributed by atoms with van der Waals surface area (Å²) in [6.07, 6.45) is 3.30. The number of carbonyl (C=O) groups is 3. The topological polar surface area (TPSA) is 106 Å². The lowest BCUT2D eigenvalue weighted by atomic mass is 9.77. The molecule has 34 heavy (non-hydrogen) atoms. The summed E-state index contributed by atoms with van der Waals surface area (Å²) in [6.45, 7) is 1.75. The van der Waals surface area contributed by atoms with Gasteiger partial charge in [0.2, 0.25) is 17.7 Å². The standard InChI is InChI=1S/C25H25N3O6/c1-14(29)26-15-4-6-17(7-5-15)28-13-25-9-8-20(34-25)21(22(25)24(28)31)23(30)27-16-10-18(32-2)12-19(11-16)33-3/h4-12,20-22H,13H2,1-3H3,(H,26,29)(H,27,30)/t20-,21?,22-,25-/m1/s1. The van der Waals surface area contributed by atoms with Crippen LogP contribution in [-0.4, -0.2) is 50.2 Å². The second kappa shape index (κ2) is 8.18. The summed E-state index contributed by atoms with van der Waals surface area (Å²) in [6, 6.07) is 12.1. The maximum atomic E-state index is 13.5. The molecule has 4 atom stereocenters. The molecule has 3 aliphatic heterocycles. The Balaban J connectivity index is 1.38. The predicted octanol–water partition coefficient (Wildman–Crippen LogP) is 2.59. The van der Waals surface area contributed by atoms with E-state index in [0.29, 0.717) is 35.1 Å². The third kappa shape index (κ3) is 3.58. The van der Waals surface area contributed by atoms with Crippen molar-refractivity contribution < 1.29 is 28.6 Å². The summed E-state index contributed by atoms with van der Waals surface area (Å²) in [5.74, 6) is -0.850. The van der Waals surface area contributed by atoms with Gasteiger partial charge in [0.1, 0.15) is 17.1 Å². The monoisotopic (exact) mass is 463 g/mol. The highest BCUT2D eigenvalue weighted by Gasteiger charge is 2.67. The first-order valence-corrected chi connectivity index (χ1v) is 10.9. The Kier molecular flexibility index (Phi) is 5.28. The molecule has 9 heteroatoms. The molecular weight excluding hydrogens is 438 g/mol. The summed E-state index contributed by atoms with van der Waals surface area (Å²) in [5, 5.41) is 5.62. The number of nitrogens with zero attached hydrogens (tertiary/aromatic N) is 1. The summed E-state index contributed by atoms with van der Waals surface area (Å²) >= 11 is 0. The number of carbonyl (C=O) groups excluding carboxylic acids is 3. The maximum Gasteiger partial charge on any atom is 0.234 e. The molecule has 0 radical (unpaired) electrons. The van der Waals surface area contributed by atoms with Crippen LogP contribution in [0.25, 0.3) is 0 Å². The minimum atomic E-state index is -0.841. The number of rotatable bonds is 6. The van der Waals surface area contributed by atoms with Crippen LogP contribution >= 0.6 is 0 Å². The van der Waals surface area contributed by atoms with E-state index in [1.807, 2.05) is 12.2 Å². The average Bonchev–Trinajstić information content (AvgIpc) is 3.47. The highest BCUT2D eigenvalue weighted by molar-refractivity contribution is 6.05. The van der Waals surface area contributed by atoms with E-state index in [2.05, 4.69) is 10.6 Å². The zero-order valence-corrected chi connectivity index (χ0v) is 19.0. The van der Waals surface area contributed by atoms with E-state index in [1.165, 1.54) is 21.1 Å². The zero-order valence-electron chi connectivity index (χ0n) is 19.0. The number of amides is 3. The van der Waals surface area contributed by atoms with Crippen molar-refractivity contribution in [2.75, 3.05) is 36.3 Å². The van der Waals surface area contributed by atoms with Crippen LogP contribution in [0.15, 0.2) is 54.6 Å². The first-order valence-electron chi connectivity index (χ1n) is 10.9. The quantitative estimate of drug-likeness (QED) is 0.638. The fourth-order valence-electron chi connectivity index (χ4n) is 5.05. The highest BCUT2D eigenvalue weighted by Crippen LogP contribution is 2.53. The van der Waals surface area contributed by atoms with Gasteiger partial charge in [0.25, 0.3) is 0 Å². The first-order chi connectivity index (χ1) is 16.3. The Labute approximate surface area is 196 Å². The number of hydrogen-bond donors (Lipinski definition) is 2. The lowest BCUT2D eigenvalue weighted by Crippen LogP contribution is -2.41. The summed E-state index contributed by atoms with van der Waals surface area (Å²) in [4.78, 5) is 39.8. The average molecular weight is 463 g/mol. The molecule has 5 rings (SSSR count). The van der Waals surface area contributed by atoms with Gasteiger partial charge in [-0.1, -0.05) is 12.2 Å². The van der Waals surface area contributed by atoms with E-state index in [9.17, 15) is 14.4 Å². The number of ether oxygens (including phenoxy) is 3. The predicted molar refractivity (Wildman–Crippen MR) is 125 cm³/mol. The van der Waals surface area contributed by atoms with Gasteiger partial charge < -0.3 is 29.7 Å². The fourth-order valence-corrected chi connectivity index (χ4v) is 5.05. The molecule has 3 amide bonds. The van der Waals surface area contributed by atoms with Gasteiger partial charge >= 0.3 is 0 Å². The van der Waals surface area contributed by atoms with Crippen molar-refractivity contribution in [3.8, 4) is 11.5 Å². The Morgan fingerprint density at radius 1 is 1.03 bits per heavy atom. The molecule has 2 N–H and O–H groups in total. The van der Waals surface area contributed by atoms with Crippen molar-refractivity contribution in [1.29, 1.82) is 0 Å². The smallest absolute Gasteiger partial charge is 0.234 e. The number of benzene rings is 2. The molecule has 1 spiro atoms. The van der Waals surface area contributed by atoms with E-state index in [1.54, 1.807) is 47.4 Å². The molecule has 0 saturated carbocycles. The van der Waals surface area contributed by atoms with Gasteiger partial charge in [0.05, 0.1) is 38.7 Å². The van der Waals surface area contributed by atoms with Crippen LogP contribution in [0.3, 0.4) is 0 Å². The normalized spacial score (nSPS) is 26.4. The van der Waals surface area contributed by atoms with Gasteiger partial charge in [-0.15, -0.1) is 0 Å².